The highest BCUT2D eigenvalue weighted by Crippen LogP contribution is 2.22. The first-order valence-electron chi connectivity index (χ1n) is 8.87. The molecule has 0 aromatic heterocycles. The molecule has 3 rings (SSSR count). The molecule has 1 aliphatic heterocycles. The second kappa shape index (κ2) is 8.66. The first-order valence-corrected chi connectivity index (χ1v) is 8.87. The van der Waals surface area contributed by atoms with Gasteiger partial charge in [-0.3, -0.25) is 9.59 Å². The fraction of sp³-hybridized carbons (Fsp3) is 0.333. The molecule has 1 atom stereocenters. The normalized spacial score (nSPS) is 16.4. The molecular weight excluding hydrogens is 349 g/mol. The van der Waals surface area contributed by atoms with E-state index < -0.39 is 17.7 Å². The zero-order valence-electron chi connectivity index (χ0n) is 15.2. The largest absolute Gasteiger partial charge is 0.494 e. The van der Waals surface area contributed by atoms with Crippen molar-refractivity contribution in [2.24, 2.45) is 5.92 Å². The van der Waals surface area contributed by atoms with Crippen LogP contribution in [0.1, 0.15) is 17.5 Å². The van der Waals surface area contributed by atoms with E-state index in [9.17, 15) is 14.0 Å². The lowest BCUT2D eigenvalue weighted by molar-refractivity contribution is -0.149. The van der Waals surface area contributed by atoms with Crippen molar-refractivity contribution in [3.8, 4) is 5.75 Å². The molecule has 1 aliphatic rings. The number of esters is 1. The van der Waals surface area contributed by atoms with E-state index in [1.54, 1.807) is 11.0 Å². The molecule has 1 amide bonds. The zero-order chi connectivity index (χ0) is 19.2. The molecular formula is C21H22FNO4. The molecule has 0 radical (unpaired) electrons. The van der Waals surface area contributed by atoms with Gasteiger partial charge in [-0.15, -0.1) is 0 Å². The Morgan fingerprint density at radius 3 is 2.67 bits per heavy atom. The standard InChI is InChI=1S/C21H22FNO4/c1-26-19-8-7-16(11-18(19)22)14-27-21(25)17-12-20(24)23(13-17)10-9-15-5-3-2-4-6-15/h2-8,11,17H,9-10,12-14H2,1H3/t17-/m0/s1. The second-order valence-corrected chi connectivity index (χ2v) is 6.55. The molecule has 1 heterocycles. The van der Waals surface area contributed by atoms with Gasteiger partial charge in [0.25, 0.3) is 0 Å². The number of carbonyl (C=O) groups excluding carboxylic acids is 2. The van der Waals surface area contributed by atoms with Gasteiger partial charge in [0.1, 0.15) is 6.61 Å². The number of carbonyl (C=O) groups is 2. The van der Waals surface area contributed by atoms with Crippen LogP contribution in [0.5, 0.6) is 5.75 Å². The lowest BCUT2D eigenvalue weighted by Crippen LogP contribution is -2.28. The third kappa shape index (κ3) is 4.84. The summed E-state index contributed by atoms with van der Waals surface area (Å²) in [5.74, 6) is -1.31. The van der Waals surface area contributed by atoms with Crippen LogP contribution >= 0.6 is 0 Å². The van der Waals surface area contributed by atoms with Crippen LogP contribution in [0.2, 0.25) is 0 Å². The third-order valence-corrected chi connectivity index (χ3v) is 4.66. The molecule has 0 aliphatic carbocycles. The minimum atomic E-state index is -0.505. The Labute approximate surface area is 157 Å². The average Bonchev–Trinajstić information content (AvgIpc) is 3.06. The van der Waals surface area contributed by atoms with Gasteiger partial charge in [0.05, 0.1) is 13.0 Å². The van der Waals surface area contributed by atoms with E-state index in [1.807, 2.05) is 30.3 Å². The molecule has 1 saturated heterocycles. The van der Waals surface area contributed by atoms with Crippen molar-refractivity contribution < 1.29 is 23.5 Å². The van der Waals surface area contributed by atoms with Crippen molar-refractivity contribution in [2.75, 3.05) is 20.2 Å². The maximum Gasteiger partial charge on any atom is 0.311 e. The monoisotopic (exact) mass is 371 g/mol. The Kier molecular flexibility index (Phi) is 6.06. The molecule has 27 heavy (non-hydrogen) atoms. The van der Waals surface area contributed by atoms with E-state index in [2.05, 4.69) is 0 Å². The maximum absolute atomic E-state index is 13.7. The molecule has 0 unspecified atom stereocenters. The number of likely N-dealkylation sites (tertiary alicyclic amines) is 1. The first kappa shape index (κ1) is 18.9. The van der Waals surface area contributed by atoms with Gasteiger partial charge in [0.2, 0.25) is 5.91 Å². The van der Waals surface area contributed by atoms with Crippen molar-refractivity contribution in [1.29, 1.82) is 0 Å². The summed E-state index contributed by atoms with van der Waals surface area (Å²) in [6, 6.07) is 14.3. The molecule has 5 nitrogen and oxygen atoms in total. The minimum Gasteiger partial charge on any atom is -0.494 e. The SMILES string of the molecule is COc1ccc(COC(=O)[C@H]2CC(=O)N(CCc3ccccc3)C2)cc1F. The first-order chi connectivity index (χ1) is 13.1. The van der Waals surface area contributed by atoms with Crippen LogP contribution in [0.4, 0.5) is 4.39 Å². The smallest absolute Gasteiger partial charge is 0.311 e. The molecule has 0 N–H and O–H groups in total. The van der Waals surface area contributed by atoms with E-state index in [0.29, 0.717) is 18.7 Å². The molecule has 6 heteroatoms. The van der Waals surface area contributed by atoms with Crippen LogP contribution in [0.25, 0.3) is 0 Å². The van der Waals surface area contributed by atoms with Crippen LogP contribution in [-0.2, 0) is 27.4 Å². The van der Waals surface area contributed by atoms with Crippen LogP contribution < -0.4 is 4.74 Å². The summed E-state index contributed by atoms with van der Waals surface area (Å²) in [5.41, 5.74) is 1.68. The van der Waals surface area contributed by atoms with Gasteiger partial charge in [-0.05, 0) is 29.7 Å². The summed E-state index contributed by atoms with van der Waals surface area (Å²) in [6.07, 6.45) is 0.907. The highest BCUT2D eigenvalue weighted by Gasteiger charge is 2.35. The van der Waals surface area contributed by atoms with E-state index in [0.717, 1.165) is 12.0 Å². The highest BCUT2D eigenvalue weighted by atomic mass is 19.1. The lowest BCUT2D eigenvalue weighted by Gasteiger charge is -2.16. The molecule has 142 valence electrons. The van der Waals surface area contributed by atoms with Gasteiger partial charge in [0.15, 0.2) is 11.6 Å². The van der Waals surface area contributed by atoms with Gasteiger partial charge < -0.3 is 14.4 Å². The van der Waals surface area contributed by atoms with Crippen molar-refractivity contribution in [1.82, 2.24) is 4.90 Å². The van der Waals surface area contributed by atoms with Gasteiger partial charge in [0, 0.05) is 19.5 Å². The number of halogens is 1. The third-order valence-electron chi connectivity index (χ3n) is 4.66. The summed E-state index contributed by atoms with van der Waals surface area (Å²) < 4.78 is 23.8. The molecule has 2 aromatic carbocycles. The van der Waals surface area contributed by atoms with Crippen LogP contribution in [0.3, 0.4) is 0 Å². The Morgan fingerprint density at radius 1 is 1.19 bits per heavy atom. The fourth-order valence-electron chi connectivity index (χ4n) is 3.13. The quantitative estimate of drug-likeness (QED) is 0.702. The summed E-state index contributed by atoms with van der Waals surface area (Å²) in [7, 11) is 1.39. The lowest BCUT2D eigenvalue weighted by atomic mass is 10.1. The van der Waals surface area contributed by atoms with E-state index in [1.165, 1.54) is 19.2 Å². The fourth-order valence-corrected chi connectivity index (χ4v) is 3.13. The van der Waals surface area contributed by atoms with Crippen LogP contribution in [-0.4, -0.2) is 37.0 Å². The Balaban J connectivity index is 1.49. The number of hydrogen-bond acceptors (Lipinski definition) is 4. The Morgan fingerprint density at radius 2 is 1.96 bits per heavy atom. The molecule has 0 saturated carbocycles. The van der Waals surface area contributed by atoms with Gasteiger partial charge >= 0.3 is 5.97 Å². The summed E-state index contributed by atoms with van der Waals surface area (Å²) >= 11 is 0. The predicted octanol–water partition coefficient (Wildman–Crippen LogP) is 2.97. The predicted molar refractivity (Wildman–Crippen MR) is 97.6 cm³/mol. The Hall–Kier alpha value is -2.89. The van der Waals surface area contributed by atoms with Gasteiger partial charge in [-0.2, -0.15) is 0 Å². The molecule has 1 fully saturated rings. The van der Waals surface area contributed by atoms with Gasteiger partial charge in [-0.25, -0.2) is 4.39 Å². The Bertz CT molecular complexity index is 809. The number of benzene rings is 2. The van der Waals surface area contributed by atoms with Crippen molar-refractivity contribution >= 4 is 11.9 Å². The summed E-state index contributed by atoms with van der Waals surface area (Å²) in [6.45, 7) is 0.909. The number of nitrogens with zero attached hydrogens (tertiary/aromatic N) is 1. The highest BCUT2D eigenvalue weighted by molar-refractivity contribution is 5.86. The van der Waals surface area contributed by atoms with Crippen molar-refractivity contribution in [3.63, 3.8) is 0 Å². The van der Waals surface area contributed by atoms with E-state index in [-0.39, 0.29) is 24.7 Å². The van der Waals surface area contributed by atoms with Gasteiger partial charge in [-0.1, -0.05) is 36.4 Å². The van der Waals surface area contributed by atoms with E-state index >= 15 is 0 Å². The summed E-state index contributed by atoms with van der Waals surface area (Å²) in [4.78, 5) is 26.1. The summed E-state index contributed by atoms with van der Waals surface area (Å²) in [5, 5.41) is 0. The second-order valence-electron chi connectivity index (χ2n) is 6.55. The molecule has 0 bridgehead atoms. The van der Waals surface area contributed by atoms with Crippen molar-refractivity contribution in [3.05, 3.63) is 65.5 Å². The zero-order valence-corrected chi connectivity index (χ0v) is 15.2. The topological polar surface area (TPSA) is 55.8 Å². The number of rotatable bonds is 7. The molecule has 2 aromatic rings. The van der Waals surface area contributed by atoms with Crippen LogP contribution in [0.15, 0.2) is 48.5 Å². The van der Waals surface area contributed by atoms with Crippen LogP contribution in [0, 0.1) is 11.7 Å². The maximum atomic E-state index is 13.7. The number of hydrogen-bond donors (Lipinski definition) is 0. The minimum absolute atomic E-state index is 0.0333. The average molecular weight is 371 g/mol. The van der Waals surface area contributed by atoms with Crippen molar-refractivity contribution in [2.45, 2.75) is 19.4 Å². The molecule has 0 spiro atoms. The number of ether oxygens (including phenoxy) is 2. The van der Waals surface area contributed by atoms with E-state index in [4.69, 9.17) is 9.47 Å². The number of methoxy groups -OCH3 is 1. The number of amides is 1.